The zero-order chi connectivity index (χ0) is 20.2. The van der Waals surface area contributed by atoms with E-state index in [0.717, 1.165) is 0 Å². The van der Waals surface area contributed by atoms with Crippen molar-refractivity contribution in [2.24, 2.45) is 0 Å². The van der Waals surface area contributed by atoms with Crippen LogP contribution in [0.15, 0.2) is 21.9 Å². The fourth-order valence-corrected chi connectivity index (χ4v) is 4.22. The lowest BCUT2D eigenvalue weighted by Crippen LogP contribution is -2.52. The van der Waals surface area contributed by atoms with Gasteiger partial charge in [-0.15, -0.1) is 0 Å². The fraction of sp³-hybridized carbons (Fsp3) is 0.333. The summed E-state index contributed by atoms with van der Waals surface area (Å²) in [4.78, 5) is -3.90. The van der Waals surface area contributed by atoms with E-state index in [2.05, 4.69) is 0 Å². The molecule has 0 heterocycles. The Hall–Kier alpha value is -1.39. The third-order valence-corrected chi connectivity index (χ3v) is 6.65. The molecule has 0 aromatic heterocycles. The molecule has 0 spiro atoms. The minimum absolute atomic E-state index is 0.243. The third-order valence-electron chi connectivity index (χ3n) is 2.67. The summed E-state index contributed by atoms with van der Waals surface area (Å²) >= 11 is 0. The van der Waals surface area contributed by atoms with Crippen LogP contribution in [0.1, 0.15) is 0 Å². The van der Waals surface area contributed by atoms with Gasteiger partial charge in [-0.1, -0.05) is 0 Å². The van der Waals surface area contributed by atoms with Crippen LogP contribution in [0.3, 0.4) is 0 Å². The predicted molar refractivity (Wildman–Crippen MR) is 68.1 cm³/mol. The predicted octanol–water partition coefficient (Wildman–Crippen LogP) is 1.22. The van der Waals surface area contributed by atoms with Crippen LogP contribution in [-0.2, 0) is 29.8 Å². The summed E-state index contributed by atoms with van der Waals surface area (Å²) in [5.41, 5.74) is 0. The summed E-state index contributed by atoms with van der Waals surface area (Å²) in [5, 5.41) is -13.4. The van der Waals surface area contributed by atoms with Gasteiger partial charge >= 0.3 is 20.6 Å². The van der Waals surface area contributed by atoms with Gasteiger partial charge in [0.15, 0.2) is 9.84 Å². The topological polar surface area (TPSA) is 123 Å². The molecule has 1 rings (SSSR count). The van der Waals surface area contributed by atoms with Crippen LogP contribution in [-0.4, -0.2) is 46.6 Å². The maximum absolute atomic E-state index is 13.7. The van der Waals surface area contributed by atoms with E-state index >= 15 is 0 Å². The standard InChI is InChI=1S/C9H6F6O7S3/c1-23(16,17)4-2-5(10)7(6(11)3-4)24(18,19)8(12,13)9(14,15)25(20,21)22/h2-3H,1H3,(H,20,21,22). The Morgan fingerprint density at radius 3 is 1.48 bits per heavy atom. The highest BCUT2D eigenvalue weighted by atomic mass is 32.2. The Morgan fingerprint density at radius 2 is 1.20 bits per heavy atom. The maximum Gasteiger partial charge on any atom is 0.447 e. The van der Waals surface area contributed by atoms with E-state index in [9.17, 15) is 51.6 Å². The molecule has 0 saturated heterocycles. The SMILES string of the molecule is CS(=O)(=O)c1cc(F)c(S(=O)(=O)C(F)(F)C(F)(F)S(=O)(=O)O)c(F)c1. The molecule has 1 aromatic carbocycles. The van der Waals surface area contributed by atoms with E-state index in [1.165, 1.54) is 0 Å². The Morgan fingerprint density at radius 1 is 0.840 bits per heavy atom. The number of hydrogen-bond acceptors (Lipinski definition) is 6. The summed E-state index contributed by atoms with van der Waals surface area (Å²) in [6.07, 6.45) is 0.413. The first kappa shape index (κ1) is 21.7. The molecule has 0 aliphatic rings. The van der Waals surface area contributed by atoms with Crippen LogP contribution >= 0.6 is 0 Å². The van der Waals surface area contributed by atoms with Crippen molar-refractivity contribution in [1.82, 2.24) is 0 Å². The molecule has 1 aromatic rings. The van der Waals surface area contributed by atoms with Gasteiger partial charge < -0.3 is 0 Å². The minimum atomic E-state index is -7.07. The molecule has 7 nitrogen and oxygen atoms in total. The number of hydrogen-bond donors (Lipinski definition) is 1. The Balaban J connectivity index is 3.83. The molecule has 1 N–H and O–H groups in total. The number of halogens is 6. The molecule has 0 fully saturated rings. The van der Waals surface area contributed by atoms with Crippen molar-refractivity contribution in [3.8, 4) is 0 Å². The Kier molecular flexibility index (Phi) is 5.04. The molecule has 0 aliphatic heterocycles. The van der Waals surface area contributed by atoms with Gasteiger partial charge in [-0.2, -0.15) is 26.0 Å². The summed E-state index contributed by atoms with van der Waals surface area (Å²) < 4.78 is 155. The first-order valence-electron chi connectivity index (χ1n) is 5.45. The smallest absolute Gasteiger partial charge is 0.281 e. The molecule has 0 atom stereocenters. The third kappa shape index (κ3) is 3.34. The molecule has 0 saturated carbocycles. The highest BCUT2D eigenvalue weighted by molar-refractivity contribution is 7.94. The number of alkyl halides is 4. The number of rotatable bonds is 5. The summed E-state index contributed by atoms with van der Waals surface area (Å²) in [5.74, 6) is -4.99. The van der Waals surface area contributed by atoms with E-state index in [1.54, 1.807) is 0 Å². The average Bonchev–Trinajstić information content (AvgIpc) is 2.34. The lowest BCUT2D eigenvalue weighted by atomic mass is 10.3. The van der Waals surface area contributed by atoms with E-state index < -0.39 is 61.7 Å². The van der Waals surface area contributed by atoms with Crippen molar-refractivity contribution < 1.29 is 56.1 Å². The second-order valence-electron chi connectivity index (χ2n) is 4.50. The molecule has 0 bridgehead atoms. The Labute approximate surface area is 136 Å². The van der Waals surface area contributed by atoms with Gasteiger partial charge in [-0.25, -0.2) is 25.6 Å². The quantitative estimate of drug-likeness (QED) is 0.544. The van der Waals surface area contributed by atoms with Gasteiger partial charge in [0.2, 0.25) is 0 Å². The highest BCUT2D eigenvalue weighted by Gasteiger charge is 2.74. The van der Waals surface area contributed by atoms with E-state index in [1.807, 2.05) is 0 Å². The number of sulfone groups is 2. The van der Waals surface area contributed by atoms with Gasteiger partial charge in [-0.3, -0.25) is 4.55 Å². The largest absolute Gasteiger partial charge is 0.447 e. The molecule has 0 aliphatic carbocycles. The van der Waals surface area contributed by atoms with E-state index in [4.69, 9.17) is 4.55 Å². The summed E-state index contributed by atoms with van der Waals surface area (Å²) in [7, 11) is -18.4. The molecule has 0 unspecified atom stereocenters. The molecule has 0 amide bonds. The second-order valence-corrected chi connectivity index (χ2v) is 9.91. The van der Waals surface area contributed by atoms with E-state index in [-0.39, 0.29) is 12.1 Å². The first-order valence-corrected chi connectivity index (χ1v) is 10.3. The van der Waals surface area contributed by atoms with Crippen LogP contribution in [0.25, 0.3) is 0 Å². The van der Waals surface area contributed by atoms with Crippen LogP contribution < -0.4 is 0 Å². The van der Waals surface area contributed by atoms with Gasteiger partial charge in [0.1, 0.15) is 16.5 Å². The minimum Gasteiger partial charge on any atom is -0.281 e. The lowest BCUT2D eigenvalue weighted by Gasteiger charge is -2.24. The van der Waals surface area contributed by atoms with Crippen molar-refractivity contribution >= 4 is 29.8 Å². The molecule has 25 heavy (non-hydrogen) atoms. The monoisotopic (exact) mass is 436 g/mol. The maximum atomic E-state index is 13.7. The van der Waals surface area contributed by atoms with Gasteiger partial charge in [0.25, 0.3) is 9.84 Å². The van der Waals surface area contributed by atoms with Gasteiger partial charge in [0.05, 0.1) is 4.90 Å². The van der Waals surface area contributed by atoms with Crippen molar-refractivity contribution in [2.45, 2.75) is 20.3 Å². The molecule has 0 radical (unpaired) electrons. The zero-order valence-electron chi connectivity index (χ0n) is 11.5. The summed E-state index contributed by atoms with van der Waals surface area (Å²) in [6.45, 7) is 0. The van der Waals surface area contributed by atoms with Crippen molar-refractivity contribution in [3.05, 3.63) is 23.8 Å². The lowest BCUT2D eigenvalue weighted by molar-refractivity contribution is -0.101. The van der Waals surface area contributed by atoms with Crippen LogP contribution in [0.5, 0.6) is 0 Å². The molecular weight excluding hydrogens is 430 g/mol. The van der Waals surface area contributed by atoms with Crippen molar-refractivity contribution in [1.29, 1.82) is 0 Å². The van der Waals surface area contributed by atoms with Gasteiger partial charge in [-0.05, 0) is 12.1 Å². The molecule has 144 valence electrons. The van der Waals surface area contributed by atoms with Crippen LogP contribution in [0, 0.1) is 11.6 Å². The van der Waals surface area contributed by atoms with Crippen molar-refractivity contribution in [2.75, 3.05) is 6.26 Å². The normalized spacial score (nSPS) is 14.6. The Bertz CT molecular complexity index is 1000. The van der Waals surface area contributed by atoms with Crippen molar-refractivity contribution in [3.63, 3.8) is 0 Å². The fourth-order valence-electron chi connectivity index (χ4n) is 1.44. The molecule has 16 heteroatoms. The van der Waals surface area contributed by atoms with Gasteiger partial charge in [0, 0.05) is 6.26 Å². The first-order chi connectivity index (χ1) is 10.8. The second kappa shape index (κ2) is 5.82. The average molecular weight is 436 g/mol. The van der Waals surface area contributed by atoms with Crippen LogP contribution in [0.2, 0.25) is 0 Å². The molecular formula is C9H6F6O7S3. The summed E-state index contributed by atoms with van der Waals surface area (Å²) in [6, 6.07) is -0.486. The van der Waals surface area contributed by atoms with Crippen LogP contribution in [0.4, 0.5) is 26.3 Å². The zero-order valence-corrected chi connectivity index (χ0v) is 14.0. The van der Waals surface area contributed by atoms with E-state index in [0.29, 0.717) is 6.26 Å². The number of benzene rings is 1. The highest BCUT2D eigenvalue weighted by Crippen LogP contribution is 2.46.